The first-order valence-electron chi connectivity index (χ1n) is 7.63. The van der Waals surface area contributed by atoms with Crippen molar-refractivity contribution in [3.63, 3.8) is 0 Å². The van der Waals surface area contributed by atoms with Gasteiger partial charge in [-0.1, -0.05) is 60.7 Å². The number of fused-ring (bicyclic) bond motifs is 1. The van der Waals surface area contributed by atoms with E-state index in [9.17, 15) is 0 Å². The monoisotopic (exact) mass is 300 g/mol. The standard InChI is InChI=1S/C21H16O2/c1-3-7-16(8-4-1)14-22-20-12-19-11-18(13-21(19)23-15-20)17-9-5-2-6-10-17/h1-13,15H,14H2. The normalized spacial score (nSPS) is 10.8. The Hall–Kier alpha value is -3.00. The molecule has 4 rings (SSSR count). The quantitative estimate of drug-likeness (QED) is 0.487. The highest BCUT2D eigenvalue weighted by atomic mass is 16.5. The third-order valence-electron chi connectivity index (χ3n) is 3.84. The molecule has 0 fully saturated rings. The van der Waals surface area contributed by atoms with Crippen molar-refractivity contribution in [3.8, 4) is 28.2 Å². The molecule has 0 N–H and O–H groups in total. The van der Waals surface area contributed by atoms with Crippen LogP contribution < -0.4 is 4.74 Å². The van der Waals surface area contributed by atoms with Gasteiger partial charge in [-0.2, -0.15) is 0 Å². The van der Waals surface area contributed by atoms with Crippen molar-refractivity contribution in [3.05, 3.63) is 90.7 Å². The molecule has 0 saturated heterocycles. The lowest BCUT2D eigenvalue weighted by Crippen LogP contribution is -1.94. The molecule has 0 radical (unpaired) electrons. The van der Waals surface area contributed by atoms with E-state index >= 15 is 0 Å². The van der Waals surface area contributed by atoms with E-state index in [0.29, 0.717) is 6.61 Å². The first-order chi connectivity index (χ1) is 11.4. The second-order valence-electron chi connectivity index (χ2n) is 5.49. The molecule has 0 bridgehead atoms. The highest BCUT2D eigenvalue weighted by Gasteiger charge is 2.11. The van der Waals surface area contributed by atoms with E-state index in [2.05, 4.69) is 24.3 Å². The molecule has 2 aromatic rings. The van der Waals surface area contributed by atoms with E-state index in [1.54, 1.807) is 6.26 Å². The Balaban J connectivity index is 1.58. The zero-order valence-corrected chi connectivity index (χ0v) is 12.6. The second-order valence-corrected chi connectivity index (χ2v) is 5.49. The highest BCUT2D eigenvalue weighted by molar-refractivity contribution is 5.77. The summed E-state index contributed by atoms with van der Waals surface area (Å²) >= 11 is 0. The molecule has 0 spiro atoms. The predicted molar refractivity (Wildman–Crippen MR) is 91.5 cm³/mol. The van der Waals surface area contributed by atoms with Crippen LogP contribution in [0.1, 0.15) is 5.56 Å². The lowest BCUT2D eigenvalue weighted by Gasteiger charge is -2.07. The molecule has 2 aliphatic rings. The van der Waals surface area contributed by atoms with Gasteiger partial charge in [0.2, 0.25) is 0 Å². The Morgan fingerprint density at radius 3 is 2.22 bits per heavy atom. The maximum absolute atomic E-state index is 5.82. The topological polar surface area (TPSA) is 22.4 Å². The minimum Gasteiger partial charge on any atom is -0.486 e. The summed E-state index contributed by atoms with van der Waals surface area (Å²) in [7, 11) is 0. The van der Waals surface area contributed by atoms with Gasteiger partial charge >= 0.3 is 0 Å². The summed E-state index contributed by atoms with van der Waals surface area (Å²) in [4.78, 5) is 0. The van der Waals surface area contributed by atoms with E-state index in [1.165, 1.54) is 5.56 Å². The Kier molecular flexibility index (Phi) is 3.57. The Morgan fingerprint density at radius 1 is 0.696 bits per heavy atom. The first-order valence-corrected chi connectivity index (χ1v) is 7.63. The van der Waals surface area contributed by atoms with Crippen LogP contribution in [0.3, 0.4) is 0 Å². The average molecular weight is 300 g/mol. The van der Waals surface area contributed by atoms with Gasteiger partial charge in [0.15, 0.2) is 5.75 Å². The van der Waals surface area contributed by atoms with Crippen LogP contribution in [0.15, 0.2) is 89.5 Å². The van der Waals surface area contributed by atoms with Crippen LogP contribution in [0.4, 0.5) is 0 Å². The number of hydrogen-bond acceptors (Lipinski definition) is 2. The smallest absolute Gasteiger partial charge is 0.155 e. The SMILES string of the molecule is c1ccc(COc2coc3cc(-c4ccccc4)cc-3c2)cc1. The maximum Gasteiger partial charge on any atom is 0.155 e. The van der Waals surface area contributed by atoms with Gasteiger partial charge in [-0.05, 0) is 34.9 Å². The molecule has 0 saturated carbocycles. The van der Waals surface area contributed by atoms with Crippen LogP contribution in [0.5, 0.6) is 5.75 Å². The van der Waals surface area contributed by atoms with Crippen molar-refractivity contribution < 1.29 is 9.15 Å². The summed E-state index contributed by atoms with van der Waals surface area (Å²) < 4.78 is 11.5. The van der Waals surface area contributed by atoms with Crippen LogP contribution in [0, 0.1) is 0 Å². The van der Waals surface area contributed by atoms with Crippen molar-refractivity contribution in [1.29, 1.82) is 0 Å². The van der Waals surface area contributed by atoms with Gasteiger partial charge in [0.05, 0.1) is 0 Å². The zero-order chi connectivity index (χ0) is 15.5. The van der Waals surface area contributed by atoms with Gasteiger partial charge in [-0.25, -0.2) is 0 Å². The Bertz CT molecular complexity index is 863. The summed E-state index contributed by atoms with van der Waals surface area (Å²) in [5.41, 5.74) is 4.53. The molecular weight excluding hydrogens is 284 g/mol. The molecule has 2 nitrogen and oxygen atoms in total. The van der Waals surface area contributed by atoms with E-state index < -0.39 is 0 Å². The third-order valence-corrected chi connectivity index (χ3v) is 3.84. The fourth-order valence-corrected chi connectivity index (χ4v) is 2.64. The fourth-order valence-electron chi connectivity index (χ4n) is 2.64. The molecule has 2 aromatic carbocycles. The molecule has 2 heteroatoms. The van der Waals surface area contributed by atoms with Gasteiger partial charge in [-0.3, -0.25) is 0 Å². The van der Waals surface area contributed by atoms with Crippen molar-refractivity contribution in [2.75, 3.05) is 0 Å². The van der Waals surface area contributed by atoms with Gasteiger partial charge in [-0.15, -0.1) is 0 Å². The first kappa shape index (κ1) is 13.6. The molecular formula is C21H16O2. The number of hydrogen-bond donors (Lipinski definition) is 0. The molecule has 0 aromatic heterocycles. The van der Waals surface area contributed by atoms with Crippen molar-refractivity contribution in [2.45, 2.75) is 6.61 Å². The summed E-state index contributed by atoms with van der Waals surface area (Å²) in [6, 6.07) is 26.6. The summed E-state index contributed by atoms with van der Waals surface area (Å²) in [6.45, 7) is 0.536. The lowest BCUT2D eigenvalue weighted by molar-refractivity contribution is 0.296. The van der Waals surface area contributed by atoms with Crippen LogP contribution in [0.25, 0.3) is 22.5 Å². The summed E-state index contributed by atoms with van der Waals surface area (Å²) in [5.74, 6) is 1.61. The molecule has 1 aliphatic heterocycles. The van der Waals surface area contributed by atoms with Crippen LogP contribution in [-0.2, 0) is 6.61 Å². The summed E-state index contributed by atoms with van der Waals surface area (Å²) in [5, 5.41) is 0. The summed E-state index contributed by atoms with van der Waals surface area (Å²) in [6.07, 6.45) is 1.67. The third kappa shape index (κ3) is 2.97. The van der Waals surface area contributed by atoms with E-state index in [1.807, 2.05) is 54.6 Å². The number of ether oxygens (including phenoxy) is 1. The Labute approximate surface area is 135 Å². The van der Waals surface area contributed by atoms with Gasteiger partial charge < -0.3 is 9.15 Å². The highest BCUT2D eigenvalue weighted by Crippen LogP contribution is 2.34. The van der Waals surface area contributed by atoms with Gasteiger partial charge in [0.1, 0.15) is 18.6 Å². The maximum atomic E-state index is 5.82. The second kappa shape index (κ2) is 6.01. The Morgan fingerprint density at radius 2 is 1.43 bits per heavy atom. The van der Waals surface area contributed by atoms with E-state index in [-0.39, 0.29) is 0 Å². The molecule has 23 heavy (non-hydrogen) atoms. The van der Waals surface area contributed by atoms with Crippen molar-refractivity contribution in [2.24, 2.45) is 0 Å². The van der Waals surface area contributed by atoms with E-state index in [4.69, 9.17) is 9.15 Å². The molecule has 0 atom stereocenters. The minimum atomic E-state index is 0.536. The van der Waals surface area contributed by atoms with Gasteiger partial charge in [0, 0.05) is 5.56 Å². The van der Waals surface area contributed by atoms with E-state index in [0.717, 1.165) is 28.2 Å². The van der Waals surface area contributed by atoms with Crippen molar-refractivity contribution in [1.82, 2.24) is 0 Å². The van der Waals surface area contributed by atoms with Crippen LogP contribution in [0.2, 0.25) is 0 Å². The fraction of sp³-hybridized carbons (Fsp3) is 0.0476. The van der Waals surface area contributed by atoms with Gasteiger partial charge in [0.25, 0.3) is 0 Å². The van der Waals surface area contributed by atoms with Crippen LogP contribution >= 0.6 is 0 Å². The molecule has 1 heterocycles. The number of benzene rings is 2. The largest absolute Gasteiger partial charge is 0.486 e. The van der Waals surface area contributed by atoms with Crippen molar-refractivity contribution >= 4 is 0 Å². The molecule has 1 aliphatic carbocycles. The minimum absolute atomic E-state index is 0.536. The predicted octanol–water partition coefficient (Wildman–Crippen LogP) is 5.63. The number of rotatable bonds is 4. The zero-order valence-electron chi connectivity index (χ0n) is 12.6. The molecule has 112 valence electrons. The lowest BCUT2D eigenvalue weighted by atomic mass is 10.1. The molecule has 0 amide bonds. The molecule has 0 unspecified atom stereocenters. The van der Waals surface area contributed by atoms with Crippen LogP contribution in [-0.4, -0.2) is 0 Å². The average Bonchev–Trinajstić information content (AvgIpc) is 3.05.